The highest BCUT2D eigenvalue weighted by Gasteiger charge is 2.26. The summed E-state index contributed by atoms with van der Waals surface area (Å²) in [7, 11) is 0. The van der Waals surface area contributed by atoms with Gasteiger partial charge in [-0.1, -0.05) is 6.92 Å². The SMILES string of the molecule is C[C@@H]1CC[C@@H](NNC(=O)OC(C)(C)C)C[C@H]1O. The number of aliphatic hydroxyl groups excluding tert-OH is 1. The lowest BCUT2D eigenvalue weighted by atomic mass is 9.85. The summed E-state index contributed by atoms with van der Waals surface area (Å²) in [6, 6.07) is 0.119. The van der Waals surface area contributed by atoms with Crippen molar-refractivity contribution in [2.75, 3.05) is 0 Å². The molecule has 1 fully saturated rings. The van der Waals surface area contributed by atoms with Crippen LogP contribution in [0.2, 0.25) is 0 Å². The molecule has 0 bridgehead atoms. The summed E-state index contributed by atoms with van der Waals surface area (Å²) in [5.74, 6) is 0.342. The van der Waals surface area contributed by atoms with Crippen LogP contribution >= 0.6 is 0 Å². The van der Waals surface area contributed by atoms with E-state index in [1.54, 1.807) is 0 Å². The molecule has 100 valence electrons. The zero-order valence-electron chi connectivity index (χ0n) is 11.1. The molecule has 0 aromatic rings. The predicted octanol–water partition coefficient (Wildman–Crippen LogP) is 1.57. The number of hydrogen-bond donors (Lipinski definition) is 3. The fourth-order valence-corrected chi connectivity index (χ4v) is 1.89. The van der Waals surface area contributed by atoms with Crippen LogP contribution in [0, 0.1) is 5.92 Å². The molecule has 0 aromatic heterocycles. The molecule has 0 saturated heterocycles. The van der Waals surface area contributed by atoms with Gasteiger partial charge in [-0.3, -0.25) is 5.43 Å². The number of nitrogens with one attached hydrogen (secondary N) is 2. The zero-order chi connectivity index (χ0) is 13.1. The summed E-state index contributed by atoms with van der Waals surface area (Å²) < 4.78 is 5.10. The largest absolute Gasteiger partial charge is 0.443 e. The summed E-state index contributed by atoms with van der Waals surface area (Å²) in [5.41, 5.74) is 4.94. The molecule has 0 aromatic carbocycles. The third-order valence-electron chi connectivity index (χ3n) is 2.93. The number of amides is 1. The highest BCUT2D eigenvalue weighted by atomic mass is 16.6. The first-order valence-electron chi connectivity index (χ1n) is 6.20. The summed E-state index contributed by atoms with van der Waals surface area (Å²) in [6.45, 7) is 7.50. The smallest absolute Gasteiger partial charge is 0.422 e. The van der Waals surface area contributed by atoms with E-state index < -0.39 is 11.7 Å². The van der Waals surface area contributed by atoms with E-state index in [2.05, 4.69) is 10.9 Å². The molecule has 1 rings (SSSR count). The van der Waals surface area contributed by atoms with Crippen molar-refractivity contribution in [3.8, 4) is 0 Å². The topological polar surface area (TPSA) is 70.6 Å². The van der Waals surface area contributed by atoms with Crippen LogP contribution in [0.3, 0.4) is 0 Å². The molecule has 0 heterocycles. The summed E-state index contributed by atoms with van der Waals surface area (Å²) in [6.07, 6.45) is 1.81. The van der Waals surface area contributed by atoms with Crippen molar-refractivity contribution in [3.05, 3.63) is 0 Å². The van der Waals surface area contributed by atoms with Gasteiger partial charge < -0.3 is 9.84 Å². The number of hydrazine groups is 1. The van der Waals surface area contributed by atoms with Crippen molar-refractivity contribution in [2.24, 2.45) is 5.92 Å². The van der Waals surface area contributed by atoms with Gasteiger partial charge in [0.2, 0.25) is 0 Å². The van der Waals surface area contributed by atoms with Crippen LogP contribution in [0.25, 0.3) is 0 Å². The van der Waals surface area contributed by atoms with Gasteiger partial charge in [0, 0.05) is 6.04 Å². The molecule has 0 unspecified atom stereocenters. The Balaban J connectivity index is 2.25. The Morgan fingerprint density at radius 1 is 1.35 bits per heavy atom. The maximum absolute atomic E-state index is 11.4. The second-order valence-corrected chi connectivity index (χ2v) is 5.83. The lowest BCUT2D eigenvalue weighted by Crippen LogP contribution is -2.49. The lowest BCUT2D eigenvalue weighted by Gasteiger charge is -2.31. The van der Waals surface area contributed by atoms with Gasteiger partial charge in [0.15, 0.2) is 0 Å². The maximum Gasteiger partial charge on any atom is 0.422 e. The summed E-state index contributed by atoms with van der Waals surface area (Å²) >= 11 is 0. The Kier molecular flexibility index (Phi) is 4.77. The average molecular weight is 244 g/mol. The van der Waals surface area contributed by atoms with Gasteiger partial charge in [-0.25, -0.2) is 10.2 Å². The monoisotopic (exact) mass is 244 g/mol. The van der Waals surface area contributed by atoms with Gasteiger partial charge in [0.25, 0.3) is 0 Å². The van der Waals surface area contributed by atoms with Crippen LogP contribution in [0.5, 0.6) is 0 Å². The molecule has 1 saturated carbocycles. The molecule has 5 heteroatoms. The van der Waals surface area contributed by atoms with E-state index in [4.69, 9.17) is 4.74 Å². The maximum atomic E-state index is 11.4. The van der Waals surface area contributed by atoms with Crippen LogP contribution < -0.4 is 10.9 Å². The second-order valence-electron chi connectivity index (χ2n) is 5.83. The number of rotatable bonds is 2. The Labute approximate surface area is 103 Å². The number of aliphatic hydroxyl groups is 1. The van der Waals surface area contributed by atoms with Crippen molar-refractivity contribution in [2.45, 2.75) is 64.7 Å². The van der Waals surface area contributed by atoms with E-state index in [0.717, 1.165) is 12.8 Å². The molecular weight excluding hydrogens is 220 g/mol. The summed E-state index contributed by atoms with van der Waals surface area (Å²) in [5, 5.41) is 9.72. The molecule has 5 nitrogen and oxygen atoms in total. The first-order valence-corrected chi connectivity index (χ1v) is 6.20. The number of carbonyl (C=O) groups excluding carboxylic acids is 1. The van der Waals surface area contributed by atoms with Crippen LogP contribution in [-0.2, 0) is 4.74 Å². The minimum atomic E-state index is -0.494. The number of hydrogen-bond acceptors (Lipinski definition) is 4. The second kappa shape index (κ2) is 5.69. The quantitative estimate of drug-likeness (QED) is 0.645. The Morgan fingerprint density at radius 2 is 2.00 bits per heavy atom. The van der Waals surface area contributed by atoms with Crippen LogP contribution in [0.15, 0.2) is 0 Å². The lowest BCUT2D eigenvalue weighted by molar-refractivity contribution is 0.0397. The molecule has 0 aliphatic heterocycles. The standard InChI is InChI=1S/C12H24N2O3/c1-8-5-6-9(7-10(8)15)13-14-11(16)17-12(2,3)4/h8-10,13,15H,5-7H2,1-4H3,(H,14,16)/t8-,9-,10-/m1/s1. The van der Waals surface area contributed by atoms with Crippen LogP contribution in [0.1, 0.15) is 47.0 Å². The van der Waals surface area contributed by atoms with Gasteiger partial charge in [-0.15, -0.1) is 0 Å². The molecule has 3 atom stereocenters. The zero-order valence-corrected chi connectivity index (χ0v) is 11.1. The van der Waals surface area contributed by atoms with E-state index in [1.165, 1.54) is 0 Å². The normalized spacial score (nSPS) is 29.8. The molecule has 1 aliphatic rings. The third kappa shape index (κ3) is 5.37. The van der Waals surface area contributed by atoms with Crippen molar-refractivity contribution in [1.29, 1.82) is 0 Å². The van der Waals surface area contributed by atoms with E-state index in [1.807, 2.05) is 27.7 Å². The molecule has 0 radical (unpaired) electrons. The fraction of sp³-hybridized carbons (Fsp3) is 0.917. The van der Waals surface area contributed by atoms with E-state index in [-0.39, 0.29) is 12.1 Å². The molecular formula is C12H24N2O3. The molecule has 1 aliphatic carbocycles. The van der Waals surface area contributed by atoms with Gasteiger partial charge in [-0.05, 0) is 46.0 Å². The highest BCUT2D eigenvalue weighted by molar-refractivity contribution is 5.67. The van der Waals surface area contributed by atoms with E-state index in [9.17, 15) is 9.90 Å². The molecule has 17 heavy (non-hydrogen) atoms. The molecule has 0 spiro atoms. The summed E-state index contributed by atoms with van der Waals surface area (Å²) in [4.78, 5) is 11.4. The van der Waals surface area contributed by atoms with Crippen molar-refractivity contribution < 1.29 is 14.6 Å². The van der Waals surface area contributed by atoms with Crippen molar-refractivity contribution in [1.82, 2.24) is 10.9 Å². The van der Waals surface area contributed by atoms with Gasteiger partial charge >= 0.3 is 6.09 Å². The fourth-order valence-electron chi connectivity index (χ4n) is 1.89. The number of carbonyl (C=O) groups is 1. The third-order valence-corrected chi connectivity index (χ3v) is 2.93. The molecule has 1 amide bonds. The predicted molar refractivity (Wildman–Crippen MR) is 65.3 cm³/mol. The van der Waals surface area contributed by atoms with Gasteiger partial charge in [0.05, 0.1) is 6.10 Å². The van der Waals surface area contributed by atoms with Crippen molar-refractivity contribution >= 4 is 6.09 Å². The Hall–Kier alpha value is -0.810. The first-order chi connectivity index (χ1) is 7.78. The van der Waals surface area contributed by atoms with Crippen molar-refractivity contribution in [3.63, 3.8) is 0 Å². The van der Waals surface area contributed by atoms with Crippen LogP contribution in [-0.4, -0.2) is 28.9 Å². The average Bonchev–Trinajstić information content (AvgIpc) is 2.17. The van der Waals surface area contributed by atoms with Gasteiger partial charge in [-0.2, -0.15) is 0 Å². The van der Waals surface area contributed by atoms with E-state index in [0.29, 0.717) is 12.3 Å². The minimum absolute atomic E-state index is 0.119. The van der Waals surface area contributed by atoms with Gasteiger partial charge in [0.1, 0.15) is 5.60 Å². The van der Waals surface area contributed by atoms with Crippen LogP contribution in [0.4, 0.5) is 4.79 Å². The minimum Gasteiger partial charge on any atom is -0.443 e. The Morgan fingerprint density at radius 3 is 2.53 bits per heavy atom. The molecule has 3 N–H and O–H groups in total. The first kappa shape index (κ1) is 14.3. The highest BCUT2D eigenvalue weighted by Crippen LogP contribution is 2.23. The Bertz CT molecular complexity index is 263. The van der Waals surface area contributed by atoms with E-state index >= 15 is 0 Å². The number of ether oxygens (including phenoxy) is 1.